The number of piperidine rings is 1. The van der Waals surface area contributed by atoms with E-state index in [1.165, 1.54) is 19.3 Å². The first-order valence-corrected chi connectivity index (χ1v) is 7.06. The summed E-state index contributed by atoms with van der Waals surface area (Å²) in [5.41, 5.74) is 0.985. The van der Waals surface area contributed by atoms with E-state index in [9.17, 15) is 0 Å². The largest absolute Gasteiger partial charge is 0.411 e. The minimum atomic E-state index is 0.420. The summed E-state index contributed by atoms with van der Waals surface area (Å²) < 4.78 is 0. The molecule has 3 heteroatoms. The fourth-order valence-electron chi connectivity index (χ4n) is 3.38. The Morgan fingerprint density at radius 3 is 2.53 bits per heavy atom. The van der Waals surface area contributed by atoms with Gasteiger partial charge in [0.2, 0.25) is 0 Å². The minimum Gasteiger partial charge on any atom is -0.411 e. The first-order valence-electron chi connectivity index (χ1n) is 7.06. The smallest absolute Gasteiger partial charge is 0.0624 e. The number of likely N-dealkylation sites (tertiary alicyclic amines) is 1. The summed E-state index contributed by atoms with van der Waals surface area (Å²) in [7, 11) is 0. The zero-order valence-corrected chi connectivity index (χ0v) is 11.4. The van der Waals surface area contributed by atoms with E-state index < -0.39 is 0 Å². The van der Waals surface area contributed by atoms with E-state index in [-0.39, 0.29) is 0 Å². The van der Waals surface area contributed by atoms with Crippen LogP contribution in [0.1, 0.15) is 46.5 Å². The van der Waals surface area contributed by atoms with Gasteiger partial charge in [-0.05, 0) is 31.1 Å². The van der Waals surface area contributed by atoms with Crippen LogP contribution in [0.15, 0.2) is 5.16 Å². The lowest BCUT2D eigenvalue weighted by Gasteiger charge is -2.42. The number of hydrogen-bond acceptors (Lipinski definition) is 3. The van der Waals surface area contributed by atoms with Crippen molar-refractivity contribution in [1.29, 1.82) is 0 Å². The fraction of sp³-hybridized carbons (Fsp3) is 0.929. The van der Waals surface area contributed by atoms with E-state index >= 15 is 0 Å². The number of hydrogen-bond donors (Lipinski definition) is 1. The minimum absolute atomic E-state index is 0.420. The SMILES string of the molecule is CC1CN(C2CCC(C)C(C)C2)CCC1=NO. The molecule has 98 valence electrons. The molecule has 0 aromatic heterocycles. The lowest BCUT2D eigenvalue weighted by atomic mass is 9.78. The Labute approximate surface area is 105 Å². The molecule has 1 aliphatic carbocycles. The maximum absolute atomic E-state index is 8.90. The quantitative estimate of drug-likeness (QED) is 0.563. The Morgan fingerprint density at radius 1 is 1.18 bits per heavy atom. The highest BCUT2D eigenvalue weighted by Gasteiger charge is 2.32. The van der Waals surface area contributed by atoms with E-state index in [4.69, 9.17) is 5.21 Å². The van der Waals surface area contributed by atoms with Crippen LogP contribution in [-0.2, 0) is 0 Å². The molecule has 17 heavy (non-hydrogen) atoms. The van der Waals surface area contributed by atoms with E-state index in [1.807, 2.05) is 0 Å². The molecule has 2 fully saturated rings. The summed E-state index contributed by atoms with van der Waals surface area (Å²) >= 11 is 0. The second-order valence-electron chi connectivity index (χ2n) is 6.16. The molecule has 1 saturated heterocycles. The molecule has 0 bridgehead atoms. The van der Waals surface area contributed by atoms with Crippen LogP contribution >= 0.6 is 0 Å². The van der Waals surface area contributed by atoms with Gasteiger partial charge in [0.1, 0.15) is 0 Å². The maximum Gasteiger partial charge on any atom is 0.0624 e. The van der Waals surface area contributed by atoms with Gasteiger partial charge in [0.05, 0.1) is 5.71 Å². The molecule has 2 aliphatic rings. The molecule has 0 spiro atoms. The molecular formula is C14H26N2O. The summed E-state index contributed by atoms with van der Waals surface area (Å²) in [5, 5.41) is 12.3. The van der Waals surface area contributed by atoms with Crippen LogP contribution in [0, 0.1) is 17.8 Å². The summed E-state index contributed by atoms with van der Waals surface area (Å²) in [6, 6.07) is 0.767. The van der Waals surface area contributed by atoms with Crippen molar-refractivity contribution in [3.63, 3.8) is 0 Å². The summed E-state index contributed by atoms with van der Waals surface area (Å²) in [4.78, 5) is 2.63. The summed E-state index contributed by atoms with van der Waals surface area (Å²) in [6.45, 7) is 9.11. The van der Waals surface area contributed by atoms with Gasteiger partial charge in [-0.15, -0.1) is 0 Å². The Morgan fingerprint density at radius 2 is 1.94 bits per heavy atom. The van der Waals surface area contributed by atoms with Crippen LogP contribution in [0.4, 0.5) is 0 Å². The molecule has 4 atom stereocenters. The monoisotopic (exact) mass is 238 g/mol. The van der Waals surface area contributed by atoms with Crippen molar-refractivity contribution in [2.75, 3.05) is 13.1 Å². The molecule has 1 N–H and O–H groups in total. The van der Waals surface area contributed by atoms with Crippen LogP contribution < -0.4 is 0 Å². The molecule has 4 unspecified atom stereocenters. The highest BCUT2D eigenvalue weighted by molar-refractivity contribution is 5.87. The normalized spacial score (nSPS) is 42.9. The lowest BCUT2D eigenvalue weighted by Crippen LogP contribution is -2.47. The van der Waals surface area contributed by atoms with E-state index in [1.54, 1.807) is 0 Å². The van der Waals surface area contributed by atoms with Crippen LogP contribution in [0.5, 0.6) is 0 Å². The predicted octanol–water partition coefficient (Wildman–Crippen LogP) is 2.98. The molecule has 1 heterocycles. The van der Waals surface area contributed by atoms with Crippen LogP contribution in [-0.4, -0.2) is 35.0 Å². The van der Waals surface area contributed by atoms with Crippen LogP contribution in [0.3, 0.4) is 0 Å². The fourth-order valence-corrected chi connectivity index (χ4v) is 3.38. The zero-order chi connectivity index (χ0) is 12.4. The first kappa shape index (κ1) is 12.9. The topological polar surface area (TPSA) is 35.8 Å². The standard InChI is InChI=1S/C14H26N2O/c1-10-4-5-13(8-11(10)2)16-7-6-14(15-17)12(3)9-16/h10-13,17H,4-9H2,1-3H3. The number of oxime groups is 1. The van der Waals surface area contributed by atoms with E-state index in [0.29, 0.717) is 5.92 Å². The average Bonchev–Trinajstić information content (AvgIpc) is 2.32. The highest BCUT2D eigenvalue weighted by atomic mass is 16.4. The molecule has 0 radical (unpaired) electrons. The molecule has 3 nitrogen and oxygen atoms in total. The summed E-state index contributed by atoms with van der Waals surface area (Å²) in [6.07, 6.45) is 5.01. The third-order valence-corrected chi connectivity index (χ3v) is 4.95. The molecule has 1 aliphatic heterocycles. The Bertz CT molecular complexity index is 290. The van der Waals surface area contributed by atoms with Crippen LogP contribution in [0.25, 0.3) is 0 Å². The second kappa shape index (κ2) is 5.38. The van der Waals surface area contributed by atoms with Gasteiger partial charge in [-0.2, -0.15) is 0 Å². The van der Waals surface area contributed by atoms with Crippen molar-refractivity contribution in [3.8, 4) is 0 Å². The Kier molecular flexibility index (Phi) is 4.08. The van der Waals surface area contributed by atoms with Gasteiger partial charge in [0.15, 0.2) is 0 Å². The van der Waals surface area contributed by atoms with Gasteiger partial charge in [0.25, 0.3) is 0 Å². The molecule has 0 amide bonds. The first-order chi connectivity index (χ1) is 8.11. The molecule has 0 aromatic carbocycles. The molecule has 0 aromatic rings. The van der Waals surface area contributed by atoms with Crippen molar-refractivity contribution in [2.24, 2.45) is 22.9 Å². The van der Waals surface area contributed by atoms with Gasteiger partial charge in [-0.25, -0.2) is 0 Å². The maximum atomic E-state index is 8.90. The average molecular weight is 238 g/mol. The van der Waals surface area contributed by atoms with Crippen molar-refractivity contribution in [3.05, 3.63) is 0 Å². The van der Waals surface area contributed by atoms with Crippen molar-refractivity contribution in [2.45, 2.75) is 52.5 Å². The van der Waals surface area contributed by atoms with Gasteiger partial charge in [0, 0.05) is 31.5 Å². The third kappa shape index (κ3) is 2.82. The van der Waals surface area contributed by atoms with Crippen molar-refractivity contribution < 1.29 is 5.21 Å². The van der Waals surface area contributed by atoms with Gasteiger partial charge < -0.3 is 5.21 Å². The van der Waals surface area contributed by atoms with Crippen molar-refractivity contribution >= 4 is 5.71 Å². The Balaban J connectivity index is 1.92. The lowest BCUT2D eigenvalue weighted by molar-refractivity contribution is 0.0968. The van der Waals surface area contributed by atoms with Gasteiger partial charge in [-0.1, -0.05) is 25.9 Å². The van der Waals surface area contributed by atoms with Gasteiger partial charge in [-0.3, -0.25) is 4.90 Å². The Hall–Kier alpha value is -0.570. The zero-order valence-electron chi connectivity index (χ0n) is 11.4. The van der Waals surface area contributed by atoms with Crippen LogP contribution in [0.2, 0.25) is 0 Å². The third-order valence-electron chi connectivity index (χ3n) is 4.95. The number of nitrogens with zero attached hydrogens (tertiary/aromatic N) is 2. The predicted molar refractivity (Wildman–Crippen MR) is 70.5 cm³/mol. The molecule has 2 rings (SSSR count). The van der Waals surface area contributed by atoms with Crippen molar-refractivity contribution in [1.82, 2.24) is 4.90 Å². The summed E-state index contributed by atoms with van der Waals surface area (Å²) in [5.74, 6) is 2.17. The highest BCUT2D eigenvalue weighted by Crippen LogP contribution is 2.33. The van der Waals surface area contributed by atoms with E-state index in [0.717, 1.165) is 43.1 Å². The molecule has 1 saturated carbocycles. The number of rotatable bonds is 1. The van der Waals surface area contributed by atoms with E-state index in [2.05, 4.69) is 30.8 Å². The molecular weight excluding hydrogens is 212 g/mol. The van der Waals surface area contributed by atoms with Gasteiger partial charge >= 0.3 is 0 Å². The second-order valence-corrected chi connectivity index (χ2v) is 6.16.